The first-order valence-corrected chi connectivity index (χ1v) is 7.70. The quantitative estimate of drug-likeness (QED) is 0.917. The molecule has 1 aliphatic heterocycles. The number of carbonyl (C=O) groups is 2. The lowest BCUT2D eigenvalue weighted by atomic mass is 10.1. The lowest BCUT2D eigenvalue weighted by Gasteiger charge is -2.25. The number of carbonyl (C=O) groups excluding carboxylic acids is 2. The number of hydrogen-bond acceptors (Lipinski definition) is 4. The predicted octanol–water partition coefficient (Wildman–Crippen LogP) is 2.08. The van der Waals surface area contributed by atoms with E-state index in [1.165, 1.54) is 6.20 Å². The van der Waals surface area contributed by atoms with E-state index in [1.54, 1.807) is 11.8 Å². The van der Waals surface area contributed by atoms with Crippen LogP contribution < -0.4 is 5.32 Å². The molecule has 6 heteroatoms. The number of nitrogens with zero attached hydrogens (tertiary/aromatic N) is 2. The molecule has 2 amide bonds. The minimum absolute atomic E-state index is 0.140. The van der Waals surface area contributed by atoms with Gasteiger partial charge in [0.2, 0.25) is 5.91 Å². The number of aromatic nitrogens is 1. The molecule has 2 heterocycles. The van der Waals surface area contributed by atoms with E-state index in [-0.39, 0.29) is 17.9 Å². The minimum atomic E-state index is -0.264. The van der Waals surface area contributed by atoms with Gasteiger partial charge in [-0.2, -0.15) is 0 Å². The summed E-state index contributed by atoms with van der Waals surface area (Å²) in [7, 11) is 0. The third-order valence-corrected chi connectivity index (χ3v) is 4.08. The Kier molecular flexibility index (Phi) is 4.41. The topological polar surface area (TPSA) is 75.4 Å². The van der Waals surface area contributed by atoms with Crippen LogP contribution in [0.15, 0.2) is 41.1 Å². The molecule has 23 heavy (non-hydrogen) atoms. The molecule has 0 spiro atoms. The molecule has 120 valence electrons. The zero-order chi connectivity index (χ0) is 16.2. The molecule has 0 unspecified atom stereocenters. The largest absolute Gasteiger partial charge is 0.361 e. The van der Waals surface area contributed by atoms with E-state index in [0.717, 1.165) is 18.5 Å². The standard InChI is InChI=1S/C17H19N3O3/c1-12-14(10-18-23-12)17(22)19-15(13-6-3-2-4-7-13)11-20-9-5-8-16(20)21/h2-4,6-7,10,15H,5,8-9,11H2,1H3,(H,19,22)/t15-/m1/s1. The van der Waals surface area contributed by atoms with Crippen molar-refractivity contribution in [3.63, 3.8) is 0 Å². The summed E-state index contributed by atoms with van der Waals surface area (Å²) in [6, 6.07) is 9.40. The molecule has 0 bridgehead atoms. The van der Waals surface area contributed by atoms with Crippen molar-refractivity contribution in [1.82, 2.24) is 15.4 Å². The van der Waals surface area contributed by atoms with Crippen LogP contribution >= 0.6 is 0 Å². The van der Waals surface area contributed by atoms with Crippen molar-refractivity contribution in [3.8, 4) is 0 Å². The first-order chi connectivity index (χ1) is 11.1. The molecule has 0 aliphatic carbocycles. The number of amides is 2. The van der Waals surface area contributed by atoms with Gasteiger partial charge < -0.3 is 14.7 Å². The molecule has 1 aromatic carbocycles. The Hall–Kier alpha value is -2.63. The van der Waals surface area contributed by atoms with Crippen LogP contribution in [0.2, 0.25) is 0 Å². The van der Waals surface area contributed by atoms with E-state index in [1.807, 2.05) is 30.3 Å². The molecule has 2 aromatic rings. The summed E-state index contributed by atoms with van der Waals surface area (Å²) in [5.41, 5.74) is 1.38. The summed E-state index contributed by atoms with van der Waals surface area (Å²) < 4.78 is 4.95. The number of benzene rings is 1. The maximum absolute atomic E-state index is 12.5. The number of aryl methyl sites for hydroxylation is 1. The van der Waals surface area contributed by atoms with Crippen LogP contribution in [-0.2, 0) is 4.79 Å². The Morgan fingerprint density at radius 3 is 2.78 bits per heavy atom. The van der Waals surface area contributed by atoms with Crippen LogP contribution in [0.4, 0.5) is 0 Å². The van der Waals surface area contributed by atoms with Crippen molar-refractivity contribution >= 4 is 11.8 Å². The van der Waals surface area contributed by atoms with Crippen LogP contribution in [0.3, 0.4) is 0 Å². The van der Waals surface area contributed by atoms with Gasteiger partial charge in [-0.15, -0.1) is 0 Å². The Balaban J connectivity index is 1.79. The van der Waals surface area contributed by atoms with Gasteiger partial charge in [0, 0.05) is 19.5 Å². The van der Waals surface area contributed by atoms with Gasteiger partial charge in [0.25, 0.3) is 5.91 Å². The van der Waals surface area contributed by atoms with E-state index >= 15 is 0 Å². The smallest absolute Gasteiger partial charge is 0.257 e. The lowest BCUT2D eigenvalue weighted by molar-refractivity contribution is -0.128. The second-order valence-corrected chi connectivity index (χ2v) is 5.68. The molecule has 1 N–H and O–H groups in total. The van der Waals surface area contributed by atoms with E-state index in [4.69, 9.17) is 4.52 Å². The summed E-state index contributed by atoms with van der Waals surface area (Å²) in [6.45, 7) is 2.91. The molecule has 1 saturated heterocycles. The molecule has 0 radical (unpaired) electrons. The zero-order valence-electron chi connectivity index (χ0n) is 13.0. The molecular weight excluding hydrogens is 294 g/mol. The fraction of sp³-hybridized carbons (Fsp3) is 0.353. The third-order valence-electron chi connectivity index (χ3n) is 4.08. The first-order valence-electron chi connectivity index (χ1n) is 7.70. The average Bonchev–Trinajstić information content (AvgIpc) is 3.16. The highest BCUT2D eigenvalue weighted by molar-refractivity contribution is 5.95. The maximum atomic E-state index is 12.5. The molecule has 1 aliphatic rings. The maximum Gasteiger partial charge on any atom is 0.257 e. The van der Waals surface area contributed by atoms with Gasteiger partial charge in [-0.25, -0.2) is 0 Å². The van der Waals surface area contributed by atoms with E-state index in [9.17, 15) is 9.59 Å². The van der Waals surface area contributed by atoms with Crippen molar-refractivity contribution in [1.29, 1.82) is 0 Å². The van der Waals surface area contributed by atoms with Crippen molar-refractivity contribution < 1.29 is 14.1 Å². The van der Waals surface area contributed by atoms with Gasteiger partial charge in [-0.1, -0.05) is 35.5 Å². The van der Waals surface area contributed by atoms with Crippen LogP contribution in [-0.4, -0.2) is 35.0 Å². The molecular formula is C17H19N3O3. The highest BCUT2D eigenvalue weighted by atomic mass is 16.5. The molecule has 0 saturated carbocycles. The van der Waals surface area contributed by atoms with Gasteiger partial charge in [0.05, 0.1) is 12.2 Å². The van der Waals surface area contributed by atoms with Crippen LogP contribution in [0.1, 0.15) is 40.6 Å². The highest BCUT2D eigenvalue weighted by Gasteiger charge is 2.26. The fourth-order valence-electron chi connectivity index (χ4n) is 2.79. The Morgan fingerprint density at radius 2 is 2.17 bits per heavy atom. The summed E-state index contributed by atoms with van der Waals surface area (Å²) >= 11 is 0. The molecule has 6 nitrogen and oxygen atoms in total. The van der Waals surface area contributed by atoms with Gasteiger partial charge >= 0.3 is 0 Å². The predicted molar refractivity (Wildman–Crippen MR) is 83.7 cm³/mol. The molecule has 3 rings (SSSR count). The van der Waals surface area contributed by atoms with Gasteiger partial charge in [-0.05, 0) is 18.9 Å². The summed E-state index contributed by atoms with van der Waals surface area (Å²) in [5, 5.41) is 6.63. The van der Waals surface area contributed by atoms with Crippen molar-refractivity contribution in [3.05, 3.63) is 53.4 Å². The summed E-state index contributed by atoms with van der Waals surface area (Å²) in [5.74, 6) is 0.372. The number of rotatable bonds is 5. The SMILES string of the molecule is Cc1oncc1C(=O)N[C@H](CN1CCCC1=O)c1ccccc1. The second kappa shape index (κ2) is 6.64. The molecule has 1 atom stereocenters. The molecule has 1 aromatic heterocycles. The third kappa shape index (κ3) is 3.41. The molecule has 1 fully saturated rings. The highest BCUT2D eigenvalue weighted by Crippen LogP contribution is 2.19. The van der Waals surface area contributed by atoms with E-state index in [2.05, 4.69) is 10.5 Å². The first kappa shape index (κ1) is 15.3. The van der Waals surface area contributed by atoms with Crippen LogP contribution in [0.25, 0.3) is 0 Å². The number of likely N-dealkylation sites (tertiary alicyclic amines) is 1. The normalized spacial score (nSPS) is 15.7. The summed E-state index contributed by atoms with van der Waals surface area (Å²) in [4.78, 5) is 26.2. The Morgan fingerprint density at radius 1 is 1.39 bits per heavy atom. The van der Waals surface area contributed by atoms with Crippen molar-refractivity contribution in [2.45, 2.75) is 25.8 Å². The fourth-order valence-corrected chi connectivity index (χ4v) is 2.79. The van der Waals surface area contributed by atoms with Gasteiger partial charge in [0.15, 0.2) is 0 Å². The van der Waals surface area contributed by atoms with E-state index in [0.29, 0.717) is 24.3 Å². The summed E-state index contributed by atoms with van der Waals surface area (Å²) in [6.07, 6.45) is 2.87. The van der Waals surface area contributed by atoms with Crippen LogP contribution in [0.5, 0.6) is 0 Å². The van der Waals surface area contributed by atoms with Crippen molar-refractivity contribution in [2.75, 3.05) is 13.1 Å². The number of hydrogen-bond donors (Lipinski definition) is 1. The minimum Gasteiger partial charge on any atom is -0.361 e. The number of nitrogens with one attached hydrogen (secondary N) is 1. The Bertz CT molecular complexity index is 696. The van der Waals surface area contributed by atoms with E-state index < -0.39 is 0 Å². The van der Waals surface area contributed by atoms with Gasteiger partial charge in [0.1, 0.15) is 11.3 Å². The average molecular weight is 313 g/mol. The van der Waals surface area contributed by atoms with Crippen LogP contribution in [0, 0.1) is 6.92 Å². The zero-order valence-corrected chi connectivity index (χ0v) is 13.0. The lowest BCUT2D eigenvalue weighted by Crippen LogP contribution is -2.38. The van der Waals surface area contributed by atoms with Gasteiger partial charge in [-0.3, -0.25) is 9.59 Å². The Labute approximate surface area is 134 Å². The monoisotopic (exact) mass is 313 g/mol. The second-order valence-electron chi connectivity index (χ2n) is 5.68. The van der Waals surface area contributed by atoms with Crippen molar-refractivity contribution in [2.24, 2.45) is 0 Å².